The highest BCUT2D eigenvalue weighted by Gasteiger charge is 2.21. The summed E-state index contributed by atoms with van der Waals surface area (Å²) in [6.07, 6.45) is 5.77. The molecule has 2 rings (SSSR count). The topological polar surface area (TPSA) is 41.8 Å². The van der Waals surface area contributed by atoms with E-state index in [0.717, 1.165) is 5.71 Å². The summed E-state index contributed by atoms with van der Waals surface area (Å²) >= 11 is 2.24. The third-order valence-corrected chi connectivity index (χ3v) is 2.59. The number of amides is 1. The summed E-state index contributed by atoms with van der Waals surface area (Å²) in [6, 6.07) is 0. The maximum atomic E-state index is 11.4. The van der Waals surface area contributed by atoms with Gasteiger partial charge in [-0.3, -0.25) is 4.79 Å². The third kappa shape index (κ3) is 1.63. The smallest absolute Gasteiger partial charge is 0.267 e. The van der Waals surface area contributed by atoms with Gasteiger partial charge in [-0.2, -0.15) is 4.99 Å². The second kappa shape index (κ2) is 3.17. The summed E-state index contributed by atoms with van der Waals surface area (Å²) in [6.45, 7) is 1.73. The molecular weight excluding hydrogens is 279 g/mol. The van der Waals surface area contributed by atoms with Crippen LogP contribution >= 0.6 is 22.6 Å². The van der Waals surface area contributed by atoms with E-state index in [1.807, 2.05) is 18.2 Å². The Bertz CT molecular complexity index is 390. The van der Waals surface area contributed by atoms with Gasteiger partial charge in [0.25, 0.3) is 5.91 Å². The van der Waals surface area contributed by atoms with Crippen LogP contribution in [0.1, 0.15) is 6.92 Å². The lowest BCUT2D eigenvalue weighted by molar-refractivity contribution is -0.113. The molecule has 3 nitrogen and oxygen atoms in total. The molecule has 13 heavy (non-hydrogen) atoms. The summed E-state index contributed by atoms with van der Waals surface area (Å²) in [5, 5.41) is 0. The maximum absolute atomic E-state index is 11.4. The van der Waals surface area contributed by atoms with Crippen LogP contribution in [0.15, 0.2) is 33.8 Å². The third-order valence-electron chi connectivity index (χ3n) is 1.82. The predicted octanol–water partition coefficient (Wildman–Crippen LogP) is 1.69. The number of allylic oxidation sites excluding steroid dienone is 3. The summed E-state index contributed by atoms with van der Waals surface area (Å²) in [5.74, 6) is 0.363. The molecule has 0 radical (unpaired) electrons. The molecule has 2 aliphatic rings. The lowest BCUT2D eigenvalue weighted by atomic mass is 10.0. The van der Waals surface area contributed by atoms with Gasteiger partial charge in [-0.05, 0) is 13.0 Å². The van der Waals surface area contributed by atoms with Gasteiger partial charge in [0.1, 0.15) is 5.84 Å². The number of carbonyl (C=O) groups excluding carboxylic acids is 1. The van der Waals surface area contributed by atoms with E-state index in [4.69, 9.17) is 0 Å². The fourth-order valence-electron chi connectivity index (χ4n) is 1.26. The molecule has 0 spiro atoms. The zero-order valence-corrected chi connectivity index (χ0v) is 9.15. The van der Waals surface area contributed by atoms with Crippen molar-refractivity contribution in [2.24, 2.45) is 9.98 Å². The number of nitrogens with zero attached hydrogens (tertiary/aromatic N) is 2. The molecule has 0 bridgehead atoms. The number of alkyl halides is 1. The van der Waals surface area contributed by atoms with Crippen molar-refractivity contribution in [2.45, 2.75) is 10.8 Å². The van der Waals surface area contributed by atoms with Gasteiger partial charge < -0.3 is 0 Å². The molecule has 0 saturated carbocycles. The van der Waals surface area contributed by atoms with Crippen LogP contribution in [0.5, 0.6) is 0 Å². The minimum absolute atomic E-state index is 0.173. The highest BCUT2D eigenvalue weighted by Crippen LogP contribution is 2.19. The summed E-state index contributed by atoms with van der Waals surface area (Å²) in [5.41, 5.74) is 1.37. The molecule has 0 saturated heterocycles. The molecule has 1 atom stereocenters. The second-order valence-corrected chi connectivity index (χ2v) is 4.28. The van der Waals surface area contributed by atoms with Crippen LogP contribution in [-0.4, -0.2) is 21.4 Å². The Morgan fingerprint density at radius 1 is 1.46 bits per heavy atom. The number of hydrogen-bond acceptors (Lipinski definition) is 2. The number of fused-ring (bicyclic) bond motifs is 1. The molecule has 1 heterocycles. The number of aliphatic imine (C=N–C) groups is 2. The number of amidine groups is 1. The van der Waals surface area contributed by atoms with Crippen LogP contribution in [0.25, 0.3) is 0 Å². The number of carbonyl (C=O) groups is 1. The van der Waals surface area contributed by atoms with Crippen molar-refractivity contribution in [3.05, 3.63) is 23.8 Å². The fourth-order valence-corrected chi connectivity index (χ4v) is 1.83. The molecule has 66 valence electrons. The molecule has 1 amide bonds. The lowest BCUT2D eigenvalue weighted by Gasteiger charge is -2.14. The zero-order valence-electron chi connectivity index (χ0n) is 6.99. The maximum Gasteiger partial charge on any atom is 0.280 e. The van der Waals surface area contributed by atoms with Crippen LogP contribution in [-0.2, 0) is 4.79 Å². The molecule has 0 N–H and O–H groups in total. The Balaban J connectivity index is 2.48. The Hall–Kier alpha value is -0.780. The van der Waals surface area contributed by atoms with E-state index in [1.165, 1.54) is 0 Å². The summed E-state index contributed by atoms with van der Waals surface area (Å²) in [7, 11) is 0. The average molecular weight is 286 g/mol. The van der Waals surface area contributed by atoms with Gasteiger partial charge in [0.15, 0.2) is 0 Å². The largest absolute Gasteiger partial charge is 0.280 e. The molecule has 1 aliphatic heterocycles. The number of rotatable bonds is 0. The van der Waals surface area contributed by atoms with Gasteiger partial charge in [0.2, 0.25) is 0 Å². The van der Waals surface area contributed by atoms with Crippen LogP contribution < -0.4 is 0 Å². The van der Waals surface area contributed by atoms with E-state index in [-0.39, 0.29) is 9.83 Å². The number of hydrogen-bond donors (Lipinski definition) is 0. The SMILES string of the molecule is CC1=NC(=O)C2=CC(I)C=CC2=N1. The van der Waals surface area contributed by atoms with Gasteiger partial charge in [-0.1, -0.05) is 34.7 Å². The normalized spacial score (nSPS) is 26.2. The van der Waals surface area contributed by atoms with E-state index in [9.17, 15) is 4.79 Å². The van der Waals surface area contributed by atoms with Gasteiger partial charge in [-0.15, -0.1) is 0 Å². The molecule has 4 heteroatoms. The monoisotopic (exact) mass is 286 g/mol. The van der Waals surface area contributed by atoms with Crippen molar-refractivity contribution in [1.29, 1.82) is 0 Å². The Kier molecular flexibility index (Phi) is 2.15. The molecule has 0 fully saturated rings. The van der Waals surface area contributed by atoms with Crippen molar-refractivity contribution in [2.75, 3.05) is 0 Å². The van der Waals surface area contributed by atoms with Gasteiger partial charge in [-0.25, -0.2) is 4.99 Å². The zero-order chi connectivity index (χ0) is 9.42. The predicted molar refractivity (Wildman–Crippen MR) is 60.6 cm³/mol. The summed E-state index contributed by atoms with van der Waals surface area (Å²) < 4.78 is 0.268. The molecule has 1 aliphatic carbocycles. The van der Waals surface area contributed by atoms with Crippen molar-refractivity contribution in [1.82, 2.24) is 0 Å². The van der Waals surface area contributed by atoms with Gasteiger partial charge >= 0.3 is 0 Å². The lowest BCUT2D eigenvalue weighted by Crippen LogP contribution is -2.20. The van der Waals surface area contributed by atoms with E-state index in [1.54, 1.807) is 6.92 Å². The van der Waals surface area contributed by atoms with E-state index in [0.29, 0.717) is 11.4 Å². The highest BCUT2D eigenvalue weighted by atomic mass is 127. The first-order valence-corrected chi connectivity index (χ1v) is 5.14. The van der Waals surface area contributed by atoms with Gasteiger partial charge in [0.05, 0.1) is 11.3 Å². The molecule has 1 unspecified atom stereocenters. The molecule has 0 aromatic heterocycles. The quantitative estimate of drug-likeness (QED) is 0.493. The number of halogens is 1. The van der Waals surface area contributed by atoms with Crippen LogP contribution in [0.3, 0.4) is 0 Å². The van der Waals surface area contributed by atoms with Crippen LogP contribution in [0, 0.1) is 0 Å². The molecular formula is C9H7IN2O. The summed E-state index contributed by atoms with van der Waals surface area (Å²) in [4.78, 5) is 19.4. The van der Waals surface area contributed by atoms with Crippen molar-refractivity contribution in [3.8, 4) is 0 Å². The van der Waals surface area contributed by atoms with E-state index >= 15 is 0 Å². The second-order valence-electron chi connectivity index (χ2n) is 2.85. The van der Waals surface area contributed by atoms with Crippen LogP contribution in [0.2, 0.25) is 0 Å². The van der Waals surface area contributed by atoms with Crippen molar-refractivity contribution in [3.63, 3.8) is 0 Å². The Morgan fingerprint density at radius 2 is 2.23 bits per heavy atom. The first kappa shape index (κ1) is 8.80. The first-order chi connectivity index (χ1) is 6.16. The standard InChI is InChI=1S/C9H7IN2O/c1-5-11-8-3-2-6(10)4-7(8)9(13)12-5/h2-4,6H,1H3. The molecule has 0 aromatic rings. The first-order valence-electron chi connectivity index (χ1n) is 3.89. The van der Waals surface area contributed by atoms with Crippen LogP contribution in [0.4, 0.5) is 0 Å². The van der Waals surface area contributed by atoms with Crippen molar-refractivity contribution >= 4 is 40.0 Å². The van der Waals surface area contributed by atoms with Crippen molar-refractivity contribution < 1.29 is 4.79 Å². The van der Waals surface area contributed by atoms with E-state index in [2.05, 4.69) is 32.6 Å². The average Bonchev–Trinajstić information content (AvgIpc) is 2.06. The highest BCUT2D eigenvalue weighted by molar-refractivity contribution is 14.1. The van der Waals surface area contributed by atoms with E-state index < -0.39 is 0 Å². The fraction of sp³-hybridized carbons (Fsp3) is 0.222. The van der Waals surface area contributed by atoms with Gasteiger partial charge in [0, 0.05) is 3.92 Å². The Labute approximate surface area is 89.5 Å². The molecule has 0 aromatic carbocycles. The minimum Gasteiger partial charge on any atom is -0.267 e. The minimum atomic E-state index is -0.173. The Morgan fingerprint density at radius 3 is 3.00 bits per heavy atom.